The number of nitrogens with zero attached hydrogens (tertiary/aromatic N) is 2. The molecule has 0 aliphatic heterocycles. The van der Waals surface area contributed by atoms with Gasteiger partial charge in [-0.25, -0.2) is 4.98 Å². The average molecular weight is 167 g/mol. The van der Waals surface area contributed by atoms with Gasteiger partial charge >= 0.3 is 0 Å². The van der Waals surface area contributed by atoms with E-state index >= 15 is 0 Å². The van der Waals surface area contributed by atoms with Crippen molar-refractivity contribution in [3.63, 3.8) is 0 Å². The van der Waals surface area contributed by atoms with Crippen LogP contribution >= 0.6 is 0 Å². The third kappa shape index (κ3) is 1.47. The molecule has 0 saturated carbocycles. The van der Waals surface area contributed by atoms with E-state index in [0.29, 0.717) is 11.7 Å². The summed E-state index contributed by atoms with van der Waals surface area (Å²) in [7, 11) is 3.43. The summed E-state index contributed by atoms with van der Waals surface area (Å²) in [6.07, 6.45) is 0. The summed E-state index contributed by atoms with van der Waals surface area (Å²) in [5.41, 5.74) is 0.936. The lowest BCUT2D eigenvalue weighted by atomic mass is 10.3. The molecule has 0 amide bonds. The second-order valence-corrected chi connectivity index (χ2v) is 2.50. The molecule has 1 aromatic heterocycles. The molecule has 0 bridgehead atoms. The van der Waals surface area contributed by atoms with Gasteiger partial charge in [0.05, 0.1) is 12.7 Å². The van der Waals surface area contributed by atoms with E-state index in [1.807, 2.05) is 20.9 Å². The highest BCUT2D eigenvalue weighted by Crippen LogP contribution is 2.20. The lowest BCUT2D eigenvalue weighted by Gasteiger charge is -2.08. The largest absolute Gasteiger partial charge is 0.481 e. The number of hydrogen-bond donors (Lipinski definition) is 1. The van der Waals surface area contributed by atoms with Crippen LogP contribution < -0.4 is 10.1 Å². The number of hydrogen-bond acceptors (Lipinski definition) is 4. The van der Waals surface area contributed by atoms with Crippen molar-refractivity contribution in [2.24, 2.45) is 0 Å². The van der Waals surface area contributed by atoms with E-state index in [1.54, 1.807) is 7.11 Å². The van der Waals surface area contributed by atoms with Gasteiger partial charge in [-0.05, 0) is 13.8 Å². The first-order chi connectivity index (χ1) is 5.69. The number of anilines is 1. The molecule has 0 atom stereocenters. The van der Waals surface area contributed by atoms with Crippen LogP contribution in [0.15, 0.2) is 0 Å². The molecule has 0 saturated heterocycles. The molecule has 0 unspecified atom stereocenters. The minimum Gasteiger partial charge on any atom is -0.481 e. The molecule has 66 valence electrons. The Balaban J connectivity index is 3.22. The maximum absolute atomic E-state index is 5.08. The summed E-state index contributed by atoms with van der Waals surface area (Å²) >= 11 is 0. The highest BCUT2D eigenvalue weighted by atomic mass is 16.5. The second kappa shape index (κ2) is 3.38. The van der Waals surface area contributed by atoms with Gasteiger partial charge in [-0.2, -0.15) is 4.98 Å². The minimum atomic E-state index is 0.631. The van der Waals surface area contributed by atoms with Crippen molar-refractivity contribution in [3.8, 4) is 5.88 Å². The molecule has 1 N–H and O–H groups in total. The van der Waals surface area contributed by atoms with Crippen molar-refractivity contribution in [3.05, 3.63) is 11.4 Å². The third-order valence-corrected chi connectivity index (χ3v) is 1.64. The van der Waals surface area contributed by atoms with Crippen molar-refractivity contribution in [2.45, 2.75) is 13.8 Å². The van der Waals surface area contributed by atoms with Crippen molar-refractivity contribution < 1.29 is 4.74 Å². The maximum atomic E-state index is 5.08. The molecule has 1 rings (SSSR count). The zero-order chi connectivity index (χ0) is 9.14. The van der Waals surface area contributed by atoms with Gasteiger partial charge in [-0.3, -0.25) is 0 Å². The van der Waals surface area contributed by atoms with Crippen LogP contribution in [0.1, 0.15) is 11.4 Å². The number of ether oxygens (including phenoxy) is 1. The van der Waals surface area contributed by atoms with E-state index < -0.39 is 0 Å². The van der Waals surface area contributed by atoms with E-state index in [9.17, 15) is 0 Å². The van der Waals surface area contributed by atoms with Crippen molar-refractivity contribution in [2.75, 3.05) is 19.5 Å². The molecular formula is C8H13N3O. The topological polar surface area (TPSA) is 47.0 Å². The normalized spacial score (nSPS) is 9.67. The van der Waals surface area contributed by atoms with Crippen LogP contribution in [0.25, 0.3) is 0 Å². The molecule has 0 aliphatic carbocycles. The van der Waals surface area contributed by atoms with Gasteiger partial charge in [0.25, 0.3) is 0 Å². The van der Waals surface area contributed by atoms with Crippen LogP contribution in [0.3, 0.4) is 0 Å². The molecule has 0 spiro atoms. The molecule has 4 nitrogen and oxygen atoms in total. The third-order valence-electron chi connectivity index (χ3n) is 1.64. The molecule has 0 fully saturated rings. The Labute approximate surface area is 72.0 Å². The van der Waals surface area contributed by atoms with Crippen LogP contribution in [0.5, 0.6) is 5.88 Å². The first-order valence-corrected chi connectivity index (χ1v) is 3.76. The maximum Gasteiger partial charge on any atom is 0.221 e. The lowest BCUT2D eigenvalue weighted by molar-refractivity contribution is 0.392. The predicted molar refractivity (Wildman–Crippen MR) is 47.6 cm³/mol. The Morgan fingerprint density at radius 3 is 2.42 bits per heavy atom. The van der Waals surface area contributed by atoms with E-state index in [0.717, 1.165) is 11.4 Å². The first kappa shape index (κ1) is 8.77. The summed E-state index contributed by atoms with van der Waals surface area (Å²) < 4.78 is 5.08. The van der Waals surface area contributed by atoms with Crippen LogP contribution in [-0.4, -0.2) is 24.1 Å². The monoisotopic (exact) mass is 167 g/mol. The highest BCUT2D eigenvalue weighted by Gasteiger charge is 2.06. The molecule has 1 aromatic rings. The highest BCUT2D eigenvalue weighted by molar-refractivity contribution is 5.47. The number of methoxy groups -OCH3 is 1. The van der Waals surface area contributed by atoms with Crippen molar-refractivity contribution in [1.29, 1.82) is 0 Å². The van der Waals surface area contributed by atoms with Crippen LogP contribution in [0.2, 0.25) is 0 Å². The van der Waals surface area contributed by atoms with Crippen LogP contribution in [0, 0.1) is 13.8 Å². The standard InChI is InChI=1S/C8H13N3O/c1-5-7(9-3)10-6(2)11-8(5)12-4/h1-4H3,(H,9,10,11). The van der Waals surface area contributed by atoms with Gasteiger partial charge in [0.2, 0.25) is 5.88 Å². The van der Waals surface area contributed by atoms with Crippen LogP contribution in [0.4, 0.5) is 5.82 Å². The number of aromatic nitrogens is 2. The molecule has 0 aliphatic rings. The molecule has 12 heavy (non-hydrogen) atoms. The lowest BCUT2D eigenvalue weighted by Crippen LogP contribution is -2.02. The Kier molecular flexibility index (Phi) is 2.47. The Morgan fingerprint density at radius 1 is 1.25 bits per heavy atom. The number of rotatable bonds is 2. The number of aryl methyl sites for hydroxylation is 1. The minimum absolute atomic E-state index is 0.631. The first-order valence-electron chi connectivity index (χ1n) is 3.76. The molecule has 0 radical (unpaired) electrons. The van der Waals surface area contributed by atoms with Crippen molar-refractivity contribution >= 4 is 5.82 Å². The van der Waals surface area contributed by atoms with Gasteiger partial charge in [-0.1, -0.05) is 0 Å². The summed E-state index contributed by atoms with van der Waals surface area (Å²) in [5.74, 6) is 2.16. The number of nitrogens with one attached hydrogen (secondary N) is 1. The molecule has 1 heterocycles. The quantitative estimate of drug-likeness (QED) is 0.717. The average Bonchev–Trinajstić information content (AvgIpc) is 2.08. The zero-order valence-corrected chi connectivity index (χ0v) is 7.80. The Hall–Kier alpha value is -1.32. The smallest absolute Gasteiger partial charge is 0.221 e. The van der Waals surface area contributed by atoms with E-state index in [1.165, 1.54) is 0 Å². The Bertz CT molecular complexity index is 261. The van der Waals surface area contributed by atoms with E-state index in [4.69, 9.17) is 4.74 Å². The van der Waals surface area contributed by atoms with Crippen LogP contribution in [-0.2, 0) is 0 Å². The zero-order valence-electron chi connectivity index (χ0n) is 7.80. The summed E-state index contributed by atoms with van der Waals surface area (Å²) in [4.78, 5) is 8.32. The van der Waals surface area contributed by atoms with Gasteiger partial charge < -0.3 is 10.1 Å². The predicted octanol–water partition coefficient (Wildman–Crippen LogP) is 1.14. The molecule has 4 heteroatoms. The van der Waals surface area contributed by atoms with E-state index in [-0.39, 0.29) is 0 Å². The molecule has 0 aromatic carbocycles. The fourth-order valence-electron chi connectivity index (χ4n) is 1.04. The second-order valence-electron chi connectivity index (χ2n) is 2.50. The van der Waals surface area contributed by atoms with Gasteiger partial charge in [0.1, 0.15) is 11.6 Å². The fraction of sp³-hybridized carbons (Fsp3) is 0.500. The Morgan fingerprint density at radius 2 is 1.92 bits per heavy atom. The van der Waals surface area contributed by atoms with Gasteiger partial charge in [0.15, 0.2) is 0 Å². The van der Waals surface area contributed by atoms with Gasteiger partial charge in [0, 0.05) is 7.05 Å². The summed E-state index contributed by atoms with van der Waals surface area (Å²) in [6, 6.07) is 0. The van der Waals surface area contributed by atoms with Gasteiger partial charge in [-0.15, -0.1) is 0 Å². The van der Waals surface area contributed by atoms with Crippen molar-refractivity contribution in [1.82, 2.24) is 9.97 Å². The molecular weight excluding hydrogens is 154 g/mol. The summed E-state index contributed by atoms with van der Waals surface area (Å²) in [6.45, 7) is 3.76. The summed E-state index contributed by atoms with van der Waals surface area (Å²) in [5, 5.41) is 2.98. The fourth-order valence-corrected chi connectivity index (χ4v) is 1.04. The van der Waals surface area contributed by atoms with E-state index in [2.05, 4.69) is 15.3 Å². The SMILES string of the molecule is CNc1nc(C)nc(OC)c1C.